The molecular weight excluding hydrogens is 394 g/mol. The van der Waals surface area contributed by atoms with Gasteiger partial charge in [-0.2, -0.15) is 0 Å². The molecule has 2 aromatic rings. The lowest BCUT2D eigenvalue weighted by molar-refractivity contribution is -0.384. The summed E-state index contributed by atoms with van der Waals surface area (Å²) in [6.45, 7) is 1.61. The molecule has 2 amide bonds. The van der Waals surface area contributed by atoms with E-state index in [0.717, 1.165) is 18.2 Å². The highest BCUT2D eigenvalue weighted by atomic mass is 16.6. The molecule has 0 fully saturated rings. The first-order chi connectivity index (χ1) is 14.1. The lowest BCUT2D eigenvalue weighted by Gasteiger charge is -2.28. The Balaban J connectivity index is 2.37. The predicted octanol–water partition coefficient (Wildman–Crippen LogP) is 1.31. The number of non-ortho nitro benzene ring substituents is 1. The van der Waals surface area contributed by atoms with Crippen molar-refractivity contribution in [3.8, 4) is 0 Å². The molecule has 0 aliphatic heterocycles. The number of primary amides is 1. The third kappa shape index (κ3) is 6.11. The number of nitro groups is 1. The second-order valence-electron chi connectivity index (χ2n) is 6.54. The lowest BCUT2D eigenvalue weighted by Crippen LogP contribution is -2.52. The highest BCUT2D eigenvalue weighted by Crippen LogP contribution is 2.21. The molecule has 0 bridgehead atoms. The van der Waals surface area contributed by atoms with Crippen LogP contribution in [0.15, 0.2) is 48.5 Å². The summed E-state index contributed by atoms with van der Waals surface area (Å²) in [5.74, 6) is -2.63. The second-order valence-corrected chi connectivity index (χ2v) is 6.54. The van der Waals surface area contributed by atoms with Gasteiger partial charge in [-0.05, 0) is 18.6 Å². The molecule has 0 aliphatic carbocycles. The maximum absolute atomic E-state index is 12.7. The molecular formula is C20H21N3O7. The summed E-state index contributed by atoms with van der Waals surface area (Å²) in [5.41, 5.74) is 2.82. The van der Waals surface area contributed by atoms with E-state index in [1.807, 2.05) is 0 Å². The molecule has 0 saturated heterocycles. The van der Waals surface area contributed by atoms with Crippen LogP contribution in [0.5, 0.6) is 0 Å². The fourth-order valence-corrected chi connectivity index (χ4v) is 2.84. The Hall–Kier alpha value is -3.79. The minimum atomic E-state index is -2.04. The molecule has 0 spiro atoms. The monoisotopic (exact) mass is 415 g/mol. The van der Waals surface area contributed by atoms with Gasteiger partial charge in [0.05, 0.1) is 23.5 Å². The summed E-state index contributed by atoms with van der Waals surface area (Å²) in [4.78, 5) is 46.6. The van der Waals surface area contributed by atoms with Crippen LogP contribution in [-0.4, -0.2) is 40.1 Å². The number of rotatable bonds is 9. The first-order valence-corrected chi connectivity index (χ1v) is 8.97. The van der Waals surface area contributed by atoms with Gasteiger partial charge >= 0.3 is 5.97 Å². The molecule has 1 atom stereocenters. The van der Waals surface area contributed by atoms with Crippen LogP contribution >= 0.6 is 0 Å². The van der Waals surface area contributed by atoms with E-state index < -0.39 is 40.5 Å². The normalized spacial score (nSPS) is 12.5. The minimum Gasteiger partial charge on any atom is -0.462 e. The topological polar surface area (TPSA) is 162 Å². The molecule has 30 heavy (non-hydrogen) atoms. The molecule has 1 unspecified atom stereocenters. The Morgan fingerprint density at radius 2 is 1.80 bits per heavy atom. The van der Waals surface area contributed by atoms with Crippen molar-refractivity contribution in [3.63, 3.8) is 0 Å². The van der Waals surface area contributed by atoms with Gasteiger partial charge in [-0.25, -0.2) is 4.79 Å². The highest BCUT2D eigenvalue weighted by molar-refractivity contribution is 5.99. The number of nitro benzene ring substituents is 1. The van der Waals surface area contributed by atoms with E-state index in [9.17, 15) is 29.6 Å². The maximum Gasteiger partial charge on any atom is 0.338 e. The average molecular weight is 415 g/mol. The van der Waals surface area contributed by atoms with Crippen LogP contribution in [0.2, 0.25) is 0 Å². The van der Waals surface area contributed by atoms with Gasteiger partial charge in [-0.15, -0.1) is 0 Å². The zero-order valence-electron chi connectivity index (χ0n) is 16.2. The number of amides is 2. The zero-order valence-corrected chi connectivity index (χ0v) is 16.2. The Kier molecular flexibility index (Phi) is 7.21. The van der Waals surface area contributed by atoms with Gasteiger partial charge in [-0.3, -0.25) is 19.7 Å². The second kappa shape index (κ2) is 9.61. The summed E-state index contributed by atoms with van der Waals surface area (Å²) < 4.78 is 4.83. The number of carbonyl (C=O) groups is 3. The van der Waals surface area contributed by atoms with Gasteiger partial charge in [0.2, 0.25) is 5.91 Å². The summed E-state index contributed by atoms with van der Waals surface area (Å²) >= 11 is 0. The minimum absolute atomic E-state index is 0.0402. The highest BCUT2D eigenvalue weighted by Gasteiger charge is 2.32. The van der Waals surface area contributed by atoms with E-state index in [0.29, 0.717) is 5.56 Å². The average Bonchev–Trinajstić information content (AvgIpc) is 2.67. The third-order valence-corrected chi connectivity index (χ3v) is 4.05. The number of hydrogen-bond acceptors (Lipinski definition) is 7. The van der Waals surface area contributed by atoms with Crippen molar-refractivity contribution in [3.05, 3.63) is 75.3 Å². The van der Waals surface area contributed by atoms with Crippen molar-refractivity contribution in [1.82, 2.24) is 5.32 Å². The molecule has 10 heteroatoms. The first kappa shape index (κ1) is 22.5. The van der Waals surface area contributed by atoms with Crippen LogP contribution in [-0.2, 0) is 16.0 Å². The Bertz CT molecular complexity index is 962. The molecule has 4 N–H and O–H groups in total. The number of esters is 1. The van der Waals surface area contributed by atoms with E-state index in [-0.39, 0.29) is 24.2 Å². The number of aliphatic hydroxyl groups is 1. The van der Waals surface area contributed by atoms with Crippen molar-refractivity contribution in [2.75, 3.05) is 6.61 Å². The number of nitrogens with one attached hydrogen (secondary N) is 1. The third-order valence-electron chi connectivity index (χ3n) is 4.05. The van der Waals surface area contributed by atoms with Crippen molar-refractivity contribution in [2.24, 2.45) is 5.73 Å². The van der Waals surface area contributed by atoms with Crippen LogP contribution in [0.1, 0.15) is 39.6 Å². The summed E-state index contributed by atoms with van der Waals surface area (Å²) in [7, 11) is 0. The van der Waals surface area contributed by atoms with E-state index in [1.165, 1.54) is 0 Å². The fourth-order valence-electron chi connectivity index (χ4n) is 2.84. The first-order valence-electron chi connectivity index (χ1n) is 8.97. The Morgan fingerprint density at radius 1 is 1.17 bits per heavy atom. The quantitative estimate of drug-likeness (QED) is 0.241. The number of ether oxygens (including phenoxy) is 1. The summed E-state index contributed by atoms with van der Waals surface area (Å²) in [6, 6.07) is 11.6. The summed E-state index contributed by atoms with van der Waals surface area (Å²) in [5, 5.41) is 24.3. The molecule has 0 aromatic heterocycles. The van der Waals surface area contributed by atoms with Gasteiger partial charge in [0.1, 0.15) is 0 Å². The number of hydrogen-bond donors (Lipinski definition) is 3. The number of nitrogens with zero attached hydrogens (tertiary/aromatic N) is 1. The number of nitrogens with two attached hydrogens (primary N) is 1. The van der Waals surface area contributed by atoms with Gasteiger partial charge < -0.3 is 20.9 Å². The van der Waals surface area contributed by atoms with Crippen LogP contribution < -0.4 is 11.1 Å². The van der Waals surface area contributed by atoms with Gasteiger partial charge in [-0.1, -0.05) is 30.3 Å². The smallest absolute Gasteiger partial charge is 0.338 e. The fraction of sp³-hybridized carbons (Fsp3) is 0.250. The predicted molar refractivity (Wildman–Crippen MR) is 105 cm³/mol. The molecule has 0 saturated carbocycles. The van der Waals surface area contributed by atoms with Crippen molar-refractivity contribution < 1.29 is 29.2 Å². The molecule has 0 radical (unpaired) electrons. The molecule has 10 nitrogen and oxygen atoms in total. The van der Waals surface area contributed by atoms with Crippen molar-refractivity contribution in [1.29, 1.82) is 0 Å². The Morgan fingerprint density at radius 3 is 2.37 bits per heavy atom. The van der Waals surface area contributed by atoms with Crippen molar-refractivity contribution >= 4 is 23.5 Å². The SMILES string of the molecule is CCOC(=O)c1cc(C(=O)NC(O)(CC(N)=O)Cc2ccccc2)cc([N+](=O)[O-])c1. The van der Waals surface area contributed by atoms with Crippen molar-refractivity contribution in [2.45, 2.75) is 25.5 Å². The Labute approximate surface area is 171 Å². The zero-order chi connectivity index (χ0) is 22.3. The van der Waals surface area contributed by atoms with Crippen LogP contribution in [0.3, 0.4) is 0 Å². The largest absolute Gasteiger partial charge is 0.462 e. The van der Waals surface area contributed by atoms with E-state index in [4.69, 9.17) is 10.5 Å². The van der Waals surface area contributed by atoms with E-state index in [2.05, 4.69) is 5.32 Å². The van der Waals surface area contributed by atoms with Gasteiger partial charge in [0.25, 0.3) is 11.6 Å². The molecule has 0 heterocycles. The lowest BCUT2D eigenvalue weighted by atomic mass is 9.98. The van der Waals surface area contributed by atoms with Crippen LogP contribution in [0.4, 0.5) is 5.69 Å². The number of carbonyl (C=O) groups excluding carboxylic acids is 3. The molecule has 2 rings (SSSR count). The summed E-state index contributed by atoms with van der Waals surface area (Å²) in [6.07, 6.45) is -0.727. The van der Waals surface area contributed by atoms with Gasteiger partial charge in [0.15, 0.2) is 5.72 Å². The van der Waals surface area contributed by atoms with E-state index in [1.54, 1.807) is 37.3 Å². The standard InChI is InChI=1S/C20H21N3O7/c1-2-30-19(26)15-8-14(9-16(10-15)23(28)29)18(25)22-20(27,12-17(21)24)11-13-6-4-3-5-7-13/h3-10,27H,2,11-12H2,1H3,(H2,21,24)(H,22,25). The maximum atomic E-state index is 12.7. The van der Waals surface area contributed by atoms with Crippen LogP contribution in [0, 0.1) is 10.1 Å². The molecule has 2 aromatic carbocycles. The van der Waals surface area contributed by atoms with Crippen LogP contribution in [0.25, 0.3) is 0 Å². The molecule has 158 valence electrons. The van der Waals surface area contributed by atoms with E-state index >= 15 is 0 Å². The molecule has 0 aliphatic rings. The number of benzene rings is 2. The van der Waals surface area contributed by atoms with Gasteiger partial charge in [0, 0.05) is 24.1 Å².